The molecule has 312 valence electrons. The Hall–Kier alpha value is -8.66. The van der Waals surface area contributed by atoms with E-state index in [1.165, 1.54) is 49.9 Å². The SMILES string of the molecule is c1ccc(-c2cc(-c3cccc4ccccc34)nc(-c3ccccc3-c3ccc4c(c3)C3(c5ccccc5-4)c4ccccc4C4(c5ccccc5Oc5ccccc54)c4ccccc43)n2)cc1. The summed E-state index contributed by atoms with van der Waals surface area (Å²) in [6.07, 6.45) is 0. The molecule has 0 unspecified atom stereocenters. The van der Waals surface area contributed by atoms with Crippen molar-refractivity contribution in [2.24, 2.45) is 0 Å². The fourth-order valence-corrected chi connectivity index (χ4v) is 12.0. The molecule has 3 nitrogen and oxygen atoms in total. The van der Waals surface area contributed by atoms with Gasteiger partial charge >= 0.3 is 0 Å². The normalized spacial score (nSPS) is 14.0. The molecule has 2 aliphatic carbocycles. The largest absolute Gasteiger partial charge is 0.457 e. The molecule has 0 fully saturated rings. The first-order valence-corrected chi connectivity index (χ1v) is 23.1. The van der Waals surface area contributed by atoms with Crippen molar-refractivity contribution < 1.29 is 4.74 Å². The molecule has 0 saturated heterocycles. The zero-order chi connectivity index (χ0) is 44.1. The molecule has 0 saturated carbocycles. The first-order chi connectivity index (χ1) is 33.2. The van der Waals surface area contributed by atoms with Crippen LogP contribution in [0.3, 0.4) is 0 Å². The number of hydrogen-bond donors (Lipinski definition) is 0. The number of para-hydroxylation sites is 2. The summed E-state index contributed by atoms with van der Waals surface area (Å²) in [5.41, 5.74) is 18.2. The monoisotopic (exact) mass is 852 g/mol. The van der Waals surface area contributed by atoms with E-state index < -0.39 is 10.8 Å². The van der Waals surface area contributed by atoms with Crippen molar-refractivity contribution >= 4 is 10.8 Å². The third-order valence-electron chi connectivity index (χ3n) is 14.7. The van der Waals surface area contributed by atoms with E-state index in [4.69, 9.17) is 14.7 Å². The highest BCUT2D eigenvalue weighted by atomic mass is 16.5. The predicted octanol–water partition coefficient (Wildman–Crippen LogP) is 15.5. The molecular weight excluding hydrogens is 813 g/mol. The third-order valence-corrected chi connectivity index (χ3v) is 14.7. The molecule has 3 aliphatic rings. The average Bonchev–Trinajstić information content (AvgIpc) is 3.69. The molecule has 1 aliphatic heterocycles. The van der Waals surface area contributed by atoms with Gasteiger partial charge in [-0.3, -0.25) is 0 Å². The van der Waals surface area contributed by atoms with Crippen LogP contribution in [0.1, 0.15) is 44.5 Å². The lowest BCUT2D eigenvalue weighted by molar-refractivity contribution is 0.429. The zero-order valence-corrected chi connectivity index (χ0v) is 36.4. The van der Waals surface area contributed by atoms with Gasteiger partial charge in [-0.2, -0.15) is 0 Å². The number of hydrogen-bond acceptors (Lipinski definition) is 3. The molecule has 11 aromatic rings. The van der Waals surface area contributed by atoms with E-state index in [0.717, 1.165) is 67.2 Å². The summed E-state index contributed by atoms with van der Waals surface area (Å²) in [6.45, 7) is 0. The molecule has 14 rings (SSSR count). The molecule has 67 heavy (non-hydrogen) atoms. The van der Waals surface area contributed by atoms with Gasteiger partial charge < -0.3 is 4.74 Å². The summed E-state index contributed by atoms with van der Waals surface area (Å²) in [5.74, 6) is 2.45. The Bertz CT molecular complexity index is 3710. The van der Waals surface area contributed by atoms with E-state index in [1.54, 1.807) is 0 Å². The second kappa shape index (κ2) is 14.4. The van der Waals surface area contributed by atoms with Crippen molar-refractivity contribution in [2.75, 3.05) is 0 Å². The van der Waals surface area contributed by atoms with Crippen LogP contribution in [-0.2, 0) is 10.8 Å². The highest BCUT2D eigenvalue weighted by Crippen LogP contribution is 2.67. The molecule has 0 atom stereocenters. The van der Waals surface area contributed by atoms with Crippen LogP contribution in [-0.4, -0.2) is 9.97 Å². The summed E-state index contributed by atoms with van der Waals surface area (Å²) in [5, 5.41) is 2.34. The Morgan fingerprint density at radius 1 is 0.284 bits per heavy atom. The van der Waals surface area contributed by atoms with Crippen LogP contribution in [0.2, 0.25) is 0 Å². The maximum atomic E-state index is 6.75. The number of rotatable bonds is 4. The molecule has 0 N–H and O–H groups in total. The first-order valence-electron chi connectivity index (χ1n) is 23.1. The molecule has 2 spiro atoms. The average molecular weight is 853 g/mol. The maximum Gasteiger partial charge on any atom is 0.161 e. The van der Waals surface area contributed by atoms with Gasteiger partial charge in [0.2, 0.25) is 0 Å². The Kier molecular flexibility index (Phi) is 8.11. The van der Waals surface area contributed by atoms with Gasteiger partial charge in [-0.15, -0.1) is 0 Å². The lowest BCUT2D eigenvalue weighted by Crippen LogP contribution is -2.45. The Balaban J connectivity index is 1.03. The van der Waals surface area contributed by atoms with E-state index in [1.807, 2.05) is 0 Å². The fourth-order valence-electron chi connectivity index (χ4n) is 12.0. The predicted molar refractivity (Wildman–Crippen MR) is 271 cm³/mol. The van der Waals surface area contributed by atoms with Gasteiger partial charge in [0, 0.05) is 27.8 Å². The molecule has 0 radical (unpaired) electrons. The van der Waals surface area contributed by atoms with Gasteiger partial charge in [0.15, 0.2) is 5.82 Å². The zero-order valence-electron chi connectivity index (χ0n) is 36.4. The second-order valence-corrected chi connectivity index (χ2v) is 17.9. The van der Waals surface area contributed by atoms with Gasteiger partial charge in [0.25, 0.3) is 0 Å². The van der Waals surface area contributed by atoms with Crippen molar-refractivity contribution in [3.8, 4) is 67.7 Å². The molecule has 3 heteroatoms. The summed E-state index contributed by atoms with van der Waals surface area (Å²) in [6, 6.07) is 88.1. The smallest absolute Gasteiger partial charge is 0.161 e. The van der Waals surface area contributed by atoms with Gasteiger partial charge in [-0.05, 0) is 90.7 Å². The molecule has 0 bridgehead atoms. The Morgan fingerprint density at radius 3 is 1.45 bits per heavy atom. The minimum Gasteiger partial charge on any atom is -0.457 e. The summed E-state index contributed by atoms with van der Waals surface area (Å²) < 4.78 is 6.75. The van der Waals surface area contributed by atoms with Crippen LogP contribution < -0.4 is 4.74 Å². The lowest BCUT2D eigenvalue weighted by Gasteiger charge is -2.51. The lowest BCUT2D eigenvalue weighted by atomic mass is 9.51. The van der Waals surface area contributed by atoms with Crippen LogP contribution in [0.5, 0.6) is 11.5 Å². The molecule has 10 aromatic carbocycles. The van der Waals surface area contributed by atoms with Gasteiger partial charge in [-0.25, -0.2) is 9.97 Å². The van der Waals surface area contributed by atoms with Crippen molar-refractivity contribution in [3.05, 3.63) is 287 Å². The molecular formula is C64H40N2O. The van der Waals surface area contributed by atoms with Crippen LogP contribution in [0.15, 0.2) is 243 Å². The third kappa shape index (κ3) is 5.22. The van der Waals surface area contributed by atoms with Gasteiger partial charge in [0.1, 0.15) is 11.5 Å². The Morgan fingerprint density at radius 2 is 0.761 bits per heavy atom. The number of ether oxygens (including phenoxy) is 1. The second-order valence-electron chi connectivity index (χ2n) is 17.9. The minimum atomic E-state index is -0.636. The van der Waals surface area contributed by atoms with Crippen LogP contribution in [0.25, 0.3) is 66.9 Å². The van der Waals surface area contributed by atoms with Crippen LogP contribution in [0.4, 0.5) is 0 Å². The fraction of sp³-hybridized carbons (Fsp3) is 0.0312. The van der Waals surface area contributed by atoms with E-state index in [0.29, 0.717) is 5.82 Å². The van der Waals surface area contributed by atoms with Crippen molar-refractivity contribution in [1.82, 2.24) is 9.97 Å². The number of benzene rings is 10. The van der Waals surface area contributed by atoms with Crippen molar-refractivity contribution in [3.63, 3.8) is 0 Å². The van der Waals surface area contributed by atoms with Crippen molar-refractivity contribution in [1.29, 1.82) is 0 Å². The Labute approximate surface area is 389 Å². The molecule has 1 aromatic heterocycles. The summed E-state index contributed by atoms with van der Waals surface area (Å²) in [4.78, 5) is 10.8. The topological polar surface area (TPSA) is 35.0 Å². The van der Waals surface area contributed by atoms with E-state index in [2.05, 4.69) is 243 Å². The van der Waals surface area contributed by atoms with Crippen molar-refractivity contribution in [2.45, 2.75) is 10.8 Å². The standard InChI is InChI=1S/C64H40N2O/c1-2-20-42(21-3-1)58-40-59(48-27-18-22-41-19-4-5-23-44(41)48)66-62(65-58)49-26-7-6-24-45(49)43-37-38-47-46-25-8-9-28-50(46)63(57(47)39-43)51-29-10-12-31-53(51)64(54-32-13-11-30-52(54)63)55-33-14-16-35-60(55)67-61-36-17-15-34-56(61)64/h1-40H. The van der Waals surface area contributed by atoms with Gasteiger partial charge in [-0.1, -0.05) is 218 Å². The summed E-state index contributed by atoms with van der Waals surface area (Å²) in [7, 11) is 0. The quantitative estimate of drug-likeness (QED) is 0.177. The number of nitrogens with zero attached hydrogens (tertiary/aromatic N) is 2. The van der Waals surface area contributed by atoms with E-state index >= 15 is 0 Å². The maximum absolute atomic E-state index is 6.75. The van der Waals surface area contributed by atoms with E-state index in [9.17, 15) is 0 Å². The van der Waals surface area contributed by atoms with Crippen LogP contribution in [0, 0.1) is 0 Å². The first kappa shape index (κ1) is 37.7. The highest BCUT2D eigenvalue weighted by Gasteiger charge is 2.58. The van der Waals surface area contributed by atoms with Crippen LogP contribution >= 0.6 is 0 Å². The highest BCUT2D eigenvalue weighted by molar-refractivity contribution is 5.97. The number of aromatic nitrogens is 2. The van der Waals surface area contributed by atoms with Gasteiger partial charge in [0.05, 0.1) is 22.2 Å². The minimum absolute atomic E-state index is 0.630. The summed E-state index contributed by atoms with van der Waals surface area (Å²) >= 11 is 0. The number of fused-ring (bicyclic) bond motifs is 16. The molecule has 2 heterocycles. The molecule has 0 amide bonds. The van der Waals surface area contributed by atoms with E-state index in [-0.39, 0.29) is 0 Å².